The fraction of sp³-hybridized carbons (Fsp3) is 0.0455. The number of benzene rings is 21. The fourth-order valence-electron chi connectivity index (χ4n) is 21.3. The van der Waals surface area contributed by atoms with Crippen molar-refractivity contribution in [1.29, 1.82) is 0 Å². The molecule has 2 aromatic heterocycles. The molecule has 0 fully saturated rings. The van der Waals surface area contributed by atoms with Crippen molar-refractivity contribution in [2.75, 3.05) is 9.80 Å². The summed E-state index contributed by atoms with van der Waals surface area (Å²) in [5.74, 6) is 0. The maximum absolute atomic E-state index is 2.41. The van der Waals surface area contributed by atoms with E-state index in [-0.39, 0.29) is 10.8 Å². The van der Waals surface area contributed by atoms with Crippen LogP contribution in [0.5, 0.6) is 0 Å². The Morgan fingerprint density at radius 2 is 0.353 bits per heavy atom. The van der Waals surface area contributed by atoms with Crippen molar-refractivity contribution in [3.05, 3.63) is 532 Å². The smallest absolute Gasteiger partial charge is 0.0541 e. The molecule has 2 aliphatic carbocycles. The molecule has 21 aromatic carbocycles. The first-order chi connectivity index (χ1) is 66.9. The molecule has 0 bridgehead atoms. The van der Waals surface area contributed by atoms with Gasteiger partial charge in [-0.2, -0.15) is 0 Å². The number of para-hydroxylation sites is 4. The number of hydrogen-bond acceptors (Lipinski definition) is 2. The first-order valence-electron chi connectivity index (χ1n) is 47.2. The second kappa shape index (κ2) is 34.2. The van der Waals surface area contributed by atoms with Crippen LogP contribution in [0.1, 0.15) is 49.9 Å². The summed E-state index contributed by atoms with van der Waals surface area (Å²) in [5, 5.41) is 5.05. The Morgan fingerprint density at radius 1 is 0.147 bits per heavy atom. The molecule has 0 saturated heterocycles. The first-order valence-corrected chi connectivity index (χ1v) is 47.2. The summed E-state index contributed by atoms with van der Waals surface area (Å²) in [5.41, 5.74) is 46.2. The summed E-state index contributed by atoms with van der Waals surface area (Å²) in [6.45, 7) is 9.40. The number of hydrogen-bond donors (Lipinski definition) is 0. The summed E-state index contributed by atoms with van der Waals surface area (Å²) in [4.78, 5) is 4.79. The van der Waals surface area contributed by atoms with E-state index in [1.54, 1.807) is 0 Å². The highest BCUT2D eigenvalue weighted by molar-refractivity contribution is 6.12. The number of rotatable bonds is 17. The summed E-state index contributed by atoms with van der Waals surface area (Å²) in [6.07, 6.45) is 0. The van der Waals surface area contributed by atoms with Crippen molar-refractivity contribution in [3.63, 3.8) is 0 Å². The molecule has 2 aliphatic rings. The fourth-order valence-corrected chi connectivity index (χ4v) is 21.3. The molecule has 0 saturated carbocycles. The molecule has 0 aliphatic heterocycles. The summed E-state index contributed by atoms with van der Waals surface area (Å²) >= 11 is 0. The molecule has 2 heterocycles. The Bertz CT molecular complexity index is 8390. The monoisotopic (exact) mass is 1740 g/mol. The van der Waals surface area contributed by atoms with Crippen LogP contribution in [-0.4, -0.2) is 9.13 Å². The van der Waals surface area contributed by atoms with Gasteiger partial charge in [-0.1, -0.05) is 404 Å². The molecule has 136 heavy (non-hydrogen) atoms. The highest BCUT2D eigenvalue weighted by atomic mass is 15.1. The van der Waals surface area contributed by atoms with Gasteiger partial charge in [-0.3, -0.25) is 0 Å². The van der Waals surface area contributed by atoms with E-state index in [0.717, 1.165) is 34.1 Å². The third kappa shape index (κ3) is 14.9. The molecule has 0 spiro atoms. The van der Waals surface area contributed by atoms with Gasteiger partial charge in [0.05, 0.1) is 22.1 Å². The van der Waals surface area contributed by atoms with Gasteiger partial charge in [0.1, 0.15) is 0 Å². The van der Waals surface area contributed by atoms with Crippen LogP contribution in [0.4, 0.5) is 34.1 Å². The summed E-state index contributed by atoms with van der Waals surface area (Å²) in [6, 6.07) is 186. The predicted molar refractivity (Wildman–Crippen MR) is 575 cm³/mol. The zero-order chi connectivity index (χ0) is 91.0. The maximum atomic E-state index is 2.41. The van der Waals surface area contributed by atoms with E-state index in [4.69, 9.17) is 0 Å². The van der Waals surface area contributed by atoms with Gasteiger partial charge in [-0.25, -0.2) is 0 Å². The quantitative estimate of drug-likeness (QED) is 0.0903. The summed E-state index contributed by atoms with van der Waals surface area (Å²) < 4.78 is 4.73. The van der Waals surface area contributed by atoms with Gasteiger partial charge in [-0.05, 0) is 278 Å². The lowest BCUT2D eigenvalue weighted by atomic mass is 9.82. The second-order valence-electron chi connectivity index (χ2n) is 37.1. The van der Waals surface area contributed by atoms with Gasteiger partial charge in [0.15, 0.2) is 0 Å². The molecular formula is C132H96N4. The van der Waals surface area contributed by atoms with Gasteiger partial charge in [0.2, 0.25) is 0 Å². The van der Waals surface area contributed by atoms with E-state index in [0.29, 0.717) is 0 Å². The van der Waals surface area contributed by atoms with Crippen molar-refractivity contribution in [2.24, 2.45) is 0 Å². The SMILES string of the molecule is CC1(C)c2ccccc2-c2ccc(N(c3ccc(-c4ccccc4)cc3)c3ccc(-c4ccc(-c5ccc(-c6ccc(-c7ccc8c(c7)c7ccccc7n8-c7ccccc7)cc6)cc5)cc4)cc3)cc21.CC1(C)c2ccccc2-c2ccc(N(c3ccc(-c4ccccc4)cc3)c3ccc(-c4ccc(-c5ccc(-c6ccc7c(c6)c6ccccc6n7-c6ccccc6)cc5)cc4)cc3)cc21. The number of aromatic nitrogens is 2. The highest BCUT2D eigenvalue weighted by Gasteiger charge is 2.38. The third-order valence-electron chi connectivity index (χ3n) is 28.5. The average molecular weight is 1740 g/mol. The number of fused-ring (bicyclic) bond motifs is 12. The minimum absolute atomic E-state index is 0.0930. The Balaban J connectivity index is 0.000000149. The molecule has 4 nitrogen and oxygen atoms in total. The molecule has 0 radical (unpaired) electrons. The van der Waals surface area contributed by atoms with E-state index in [1.165, 1.54) is 200 Å². The first kappa shape index (κ1) is 82.0. The van der Waals surface area contributed by atoms with Crippen LogP contribution < -0.4 is 9.80 Å². The van der Waals surface area contributed by atoms with Crippen molar-refractivity contribution in [1.82, 2.24) is 9.13 Å². The molecule has 0 N–H and O–H groups in total. The Kier molecular flexibility index (Phi) is 20.6. The molecule has 0 atom stereocenters. The van der Waals surface area contributed by atoms with Crippen LogP contribution in [0.15, 0.2) is 510 Å². The van der Waals surface area contributed by atoms with Crippen LogP contribution >= 0.6 is 0 Å². The second-order valence-corrected chi connectivity index (χ2v) is 37.1. The molecule has 4 heteroatoms. The van der Waals surface area contributed by atoms with Gasteiger partial charge in [0.25, 0.3) is 0 Å². The van der Waals surface area contributed by atoms with Crippen molar-refractivity contribution in [3.8, 4) is 134 Å². The lowest BCUT2D eigenvalue weighted by Crippen LogP contribution is -2.16. The standard InChI is InChI=1S/C69H50N2.C63H46N2/c1-69(2)65-19-11-9-17-61(65)62-43-42-60(46-66(62)69)70(58-38-33-53(34-39-58)47-13-5-3-6-14-47)59-40-35-54(36-41-59)52-27-25-49(26-28-52)48-21-23-50(24-22-48)51-29-31-55(32-30-51)56-37-44-68-64(45-56)63-18-10-12-20-67(63)71(68)57-15-7-4-8-16-57;1-63(2)59-19-11-9-17-55(59)56-39-38-54(42-60(56)63)64(52-34-29-47(30-35-52)43-13-5-3-6-14-43)53-36-31-48(32-37-53)46-23-21-44(22-24-46)45-25-27-49(28-26-45)50-33-40-62-58(41-50)57-18-10-12-20-61(57)65(62)51-15-7-4-8-16-51/h3-46H,1-2H3;3-42H,1-2H3. The van der Waals surface area contributed by atoms with Gasteiger partial charge in [-0.15, -0.1) is 0 Å². The van der Waals surface area contributed by atoms with Gasteiger partial charge >= 0.3 is 0 Å². The summed E-state index contributed by atoms with van der Waals surface area (Å²) in [7, 11) is 0. The number of nitrogens with zero attached hydrogens (tertiary/aromatic N) is 4. The Hall–Kier alpha value is -17.2. The van der Waals surface area contributed by atoms with Crippen LogP contribution in [0, 0.1) is 0 Å². The van der Waals surface area contributed by atoms with Crippen LogP contribution in [-0.2, 0) is 10.8 Å². The zero-order valence-corrected chi connectivity index (χ0v) is 76.3. The van der Waals surface area contributed by atoms with E-state index < -0.39 is 0 Å². The molecule has 644 valence electrons. The predicted octanol–water partition coefficient (Wildman–Crippen LogP) is 36.1. The largest absolute Gasteiger partial charge is 0.310 e. The van der Waals surface area contributed by atoms with Gasteiger partial charge < -0.3 is 18.9 Å². The minimum atomic E-state index is -0.0959. The molecular weight excluding hydrogens is 1640 g/mol. The zero-order valence-electron chi connectivity index (χ0n) is 76.3. The topological polar surface area (TPSA) is 16.3 Å². The van der Waals surface area contributed by atoms with Gasteiger partial charge in [0, 0.05) is 77.9 Å². The van der Waals surface area contributed by atoms with Crippen molar-refractivity contribution >= 4 is 77.7 Å². The third-order valence-corrected chi connectivity index (χ3v) is 28.5. The van der Waals surface area contributed by atoms with Crippen LogP contribution in [0.2, 0.25) is 0 Å². The normalized spacial score (nSPS) is 12.5. The minimum Gasteiger partial charge on any atom is -0.310 e. The lowest BCUT2D eigenvalue weighted by Gasteiger charge is -2.28. The Labute approximate surface area is 795 Å². The molecule has 0 amide bonds. The van der Waals surface area contributed by atoms with Crippen molar-refractivity contribution in [2.45, 2.75) is 38.5 Å². The van der Waals surface area contributed by atoms with E-state index in [9.17, 15) is 0 Å². The highest BCUT2D eigenvalue weighted by Crippen LogP contribution is 2.54. The van der Waals surface area contributed by atoms with Crippen molar-refractivity contribution < 1.29 is 0 Å². The van der Waals surface area contributed by atoms with Crippen LogP contribution in [0.3, 0.4) is 0 Å². The molecule has 23 aromatic rings. The average Bonchev–Trinajstić information content (AvgIpc) is 1.56. The maximum Gasteiger partial charge on any atom is 0.0541 e. The lowest BCUT2D eigenvalue weighted by molar-refractivity contribution is 0.660. The van der Waals surface area contributed by atoms with Crippen LogP contribution in [0.25, 0.3) is 177 Å². The number of anilines is 6. The van der Waals surface area contributed by atoms with E-state index in [1.807, 2.05) is 0 Å². The van der Waals surface area contributed by atoms with E-state index >= 15 is 0 Å². The molecule has 25 rings (SSSR count). The molecule has 0 unspecified atom stereocenters. The Morgan fingerprint density at radius 3 is 0.647 bits per heavy atom. The van der Waals surface area contributed by atoms with E-state index in [2.05, 4.69) is 556 Å².